The van der Waals surface area contributed by atoms with Gasteiger partial charge in [0.05, 0.1) is 12.2 Å². The van der Waals surface area contributed by atoms with Gasteiger partial charge < -0.3 is 16.0 Å². The van der Waals surface area contributed by atoms with Gasteiger partial charge in [0.2, 0.25) is 5.91 Å². The van der Waals surface area contributed by atoms with Crippen LogP contribution in [0.1, 0.15) is 0 Å². The highest BCUT2D eigenvalue weighted by atomic mass is 16.2. The maximum Gasteiger partial charge on any atom is 0.319 e. The van der Waals surface area contributed by atoms with Gasteiger partial charge in [-0.05, 0) is 34.7 Å². The van der Waals surface area contributed by atoms with Crippen LogP contribution >= 0.6 is 0 Å². The van der Waals surface area contributed by atoms with Crippen LogP contribution in [0.2, 0.25) is 0 Å². The quantitative estimate of drug-likeness (QED) is 0.698. The molecule has 0 atom stereocenters. The van der Waals surface area contributed by atoms with Crippen LogP contribution in [-0.2, 0) is 4.79 Å². The maximum atomic E-state index is 11.5. The van der Waals surface area contributed by atoms with E-state index in [4.69, 9.17) is 0 Å². The summed E-state index contributed by atoms with van der Waals surface area (Å²) in [6.07, 6.45) is 1.47. The van der Waals surface area contributed by atoms with E-state index in [0.29, 0.717) is 5.69 Å². The molecular formula is C11H13N7O2. The largest absolute Gasteiger partial charge is 0.358 e. The number of benzene rings is 1. The van der Waals surface area contributed by atoms with E-state index in [2.05, 4.69) is 31.5 Å². The van der Waals surface area contributed by atoms with E-state index in [1.165, 1.54) is 18.1 Å². The predicted molar refractivity (Wildman–Crippen MR) is 70.2 cm³/mol. The van der Waals surface area contributed by atoms with E-state index in [9.17, 15) is 9.59 Å². The van der Waals surface area contributed by atoms with Crippen molar-refractivity contribution in [2.45, 2.75) is 0 Å². The van der Waals surface area contributed by atoms with Gasteiger partial charge >= 0.3 is 6.03 Å². The number of nitrogens with zero attached hydrogens (tertiary/aromatic N) is 4. The molecule has 0 aliphatic carbocycles. The maximum absolute atomic E-state index is 11.5. The Bertz CT molecular complexity index is 579. The van der Waals surface area contributed by atoms with Crippen molar-refractivity contribution in [3.05, 3.63) is 30.6 Å². The summed E-state index contributed by atoms with van der Waals surface area (Å²) in [7, 11) is 1.50. The second-order valence-corrected chi connectivity index (χ2v) is 3.78. The van der Waals surface area contributed by atoms with E-state index < -0.39 is 6.03 Å². The standard InChI is InChI=1S/C11H13N7O2/c1-12-10(19)6-13-11(20)15-8-2-4-9(5-3-8)18-7-14-16-17-18/h2-5,7H,6H2,1H3,(H,12,19)(H2,13,15,20). The number of amides is 3. The molecule has 9 nitrogen and oxygen atoms in total. The van der Waals surface area contributed by atoms with Crippen LogP contribution in [0, 0.1) is 0 Å². The van der Waals surface area contributed by atoms with Gasteiger partial charge in [-0.2, -0.15) is 0 Å². The molecule has 104 valence electrons. The van der Waals surface area contributed by atoms with Gasteiger partial charge in [0, 0.05) is 12.7 Å². The van der Waals surface area contributed by atoms with Crippen molar-refractivity contribution in [3.8, 4) is 5.69 Å². The highest BCUT2D eigenvalue weighted by Gasteiger charge is 2.04. The number of carbonyl (C=O) groups excluding carboxylic acids is 2. The molecule has 1 aromatic heterocycles. The fraction of sp³-hybridized carbons (Fsp3) is 0.182. The van der Waals surface area contributed by atoms with Crippen LogP contribution in [-0.4, -0.2) is 45.7 Å². The van der Waals surface area contributed by atoms with Crippen LogP contribution in [0.15, 0.2) is 30.6 Å². The Kier molecular flexibility index (Phi) is 4.22. The molecule has 0 saturated carbocycles. The number of nitrogens with one attached hydrogen (secondary N) is 3. The minimum absolute atomic E-state index is 0.0783. The second kappa shape index (κ2) is 6.27. The van der Waals surface area contributed by atoms with Gasteiger partial charge in [-0.1, -0.05) is 0 Å². The van der Waals surface area contributed by atoms with Gasteiger partial charge in [-0.15, -0.1) is 5.10 Å². The molecule has 0 saturated heterocycles. The smallest absolute Gasteiger partial charge is 0.319 e. The number of hydrogen-bond donors (Lipinski definition) is 3. The highest BCUT2D eigenvalue weighted by molar-refractivity contribution is 5.92. The Morgan fingerprint density at radius 2 is 2.00 bits per heavy atom. The Hall–Kier alpha value is -2.97. The number of likely N-dealkylation sites (N-methyl/N-ethyl adjacent to an activating group) is 1. The number of carbonyl (C=O) groups is 2. The molecule has 0 unspecified atom stereocenters. The number of anilines is 1. The summed E-state index contributed by atoms with van der Waals surface area (Å²) in [6, 6.07) is 6.46. The molecule has 0 aliphatic rings. The van der Waals surface area contributed by atoms with Crippen LogP contribution in [0.25, 0.3) is 5.69 Å². The molecule has 1 aromatic carbocycles. The lowest BCUT2D eigenvalue weighted by Crippen LogP contribution is -2.37. The van der Waals surface area contributed by atoms with E-state index in [0.717, 1.165) is 5.69 Å². The highest BCUT2D eigenvalue weighted by Crippen LogP contribution is 2.11. The van der Waals surface area contributed by atoms with Gasteiger partial charge in [-0.3, -0.25) is 4.79 Å². The fourth-order valence-corrected chi connectivity index (χ4v) is 1.40. The molecule has 0 radical (unpaired) electrons. The Balaban J connectivity index is 1.90. The van der Waals surface area contributed by atoms with Crippen LogP contribution < -0.4 is 16.0 Å². The lowest BCUT2D eigenvalue weighted by molar-refractivity contribution is -0.119. The predicted octanol–water partition coefficient (Wildman–Crippen LogP) is -0.470. The summed E-state index contributed by atoms with van der Waals surface area (Å²) in [4.78, 5) is 22.5. The van der Waals surface area contributed by atoms with Gasteiger partial charge in [0.15, 0.2) is 0 Å². The summed E-state index contributed by atoms with van der Waals surface area (Å²) in [5.41, 5.74) is 1.36. The number of tetrazole rings is 1. The molecule has 0 aliphatic heterocycles. The Morgan fingerprint density at radius 1 is 1.25 bits per heavy atom. The average Bonchev–Trinajstić information content (AvgIpc) is 2.99. The second-order valence-electron chi connectivity index (χ2n) is 3.78. The molecule has 2 aromatic rings. The van der Waals surface area contributed by atoms with Crippen molar-refractivity contribution in [1.82, 2.24) is 30.8 Å². The Labute approximate surface area is 114 Å². The van der Waals surface area contributed by atoms with Crippen molar-refractivity contribution in [2.24, 2.45) is 0 Å². The average molecular weight is 275 g/mol. The normalized spacial score (nSPS) is 9.85. The summed E-state index contributed by atoms with van der Waals surface area (Å²) in [5, 5.41) is 18.2. The number of rotatable bonds is 4. The molecular weight excluding hydrogens is 262 g/mol. The minimum atomic E-state index is -0.455. The van der Waals surface area contributed by atoms with Crippen LogP contribution in [0.3, 0.4) is 0 Å². The van der Waals surface area contributed by atoms with Crippen molar-refractivity contribution in [1.29, 1.82) is 0 Å². The van der Waals surface area contributed by atoms with E-state index >= 15 is 0 Å². The lowest BCUT2D eigenvalue weighted by Gasteiger charge is -2.07. The van der Waals surface area contributed by atoms with Crippen molar-refractivity contribution in [3.63, 3.8) is 0 Å². The number of urea groups is 1. The van der Waals surface area contributed by atoms with Crippen molar-refractivity contribution in [2.75, 3.05) is 18.9 Å². The first kappa shape index (κ1) is 13.5. The molecule has 3 N–H and O–H groups in total. The zero-order valence-corrected chi connectivity index (χ0v) is 10.7. The molecule has 1 heterocycles. The first-order valence-electron chi connectivity index (χ1n) is 5.78. The van der Waals surface area contributed by atoms with Crippen LogP contribution in [0.5, 0.6) is 0 Å². The molecule has 0 spiro atoms. The Morgan fingerprint density at radius 3 is 2.60 bits per heavy atom. The third kappa shape index (κ3) is 3.51. The van der Waals surface area contributed by atoms with E-state index in [-0.39, 0.29) is 12.5 Å². The SMILES string of the molecule is CNC(=O)CNC(=O)Nc1ccc(-n2cnnn2)cc1. The zero-order valence-electron chi connectivity index (χ0n) is 10.7. The summed E-state index contributed by atoms with van der Waals surface area (Å²) < 4.78 is 1.50. The lowest BCUT2D eigenvalue weighted by atomic mass is 10.3. The summed E-state index contributed by atoms with van der Waals surface area (Å²) in [5.74, 6) is -0.269. The number of hydrogen-bond acceptors (Lipinski definition) is 5. The molecule has 2 rings (SSSR count). The first-order valence-corrected chi connectivity index (χ1v) is 5.78. The van der Waals surface area contributed by atoms with Crippen molar-refractivity contribution >= 4 is 17.6 Å². The van der Waals surface area contributed by atoms with Crippen molar-refractivity contribution < 1.29 is 9.59 Å². The van der Waals surface area contributed by atoms with Crippen LogP contribution in [0.4, 0.5) is 10.5 Å². The third-order valence-electron chi connectivity index (χ3n) is 2.43. The van der Waals surface area contributed by atoms with Gasteiger partial charge in [0.25, 0.3) is 0 Å². The first-order chi connectivity index (χ1) is 9.69. The monoisotopic (exact) mass is 275 g/mol. The molecule has 0 bridgehead atoms. The van der Waals surface area contributed by atoms with Gasteiger partial charge in [-0.25, -0.2) is 9.48 Å². The fourth-order valence-electron chi connectivity index (χ4n) is 1.40. The van der Waals surface area contributed by atoms with Gasteiger partial charge in [0.1, 0.15) is 6.33 Å². The van der Waals surface area contributed by atoms with E-state index in [1.807, 2.05) is 0 Å². The molecule has 9 heteroatoms. The minimum Gasteiger partial charge on any atom is -0.358 e. The summed E-state index contributed by atoms with van der Waals surface area (Å²) in [6.45, 7) is -0.0783. The summed E-state index contributed by atoms with van der Waals surface area (Å²) >= 11 is 0. The third-order valence-corrected chi connectivity index (χ3v) is 2.43. The zero-order chi connectivity index (χ0) is 14.4. The van der Waals surface area contributed by atoms with E-state index in [1.54, 1.807) is 24.3 Å². The molecule has 20 heavy (non-hydrogen) atoms. The topological polar surface area (TPSA) is 114 Å². The molecule has 0 fully saturated rings. The number of aromatic nitrogens is 4. The molecule has 3 amide bonds.